The molecule has 2 fully saturated rings. The van der Waals surface area contributed by atoms with Gasteiger partial charge in [-0.25, -0.2) is 0 Å². The van der Waals surface area contributed by atoms with Gasteiger partial charge in [-0.1, -0.05) is 36.4 Å². The van der Waals surface area contributed by atoms with Crippen LogP contribution in [0.2, 0.25) is 0 Å². The number of amides is 1. The second-order valence-electron chi connectivity index (χ2n) is 11.0. The van der Waals surface area contributed by atoms with E-state index in [9.17, 15) is 29.1 Å². The Morgan fingerprint density at radius 3 is 1.98 bits per heavy atom. The fraction of sp³-hybridized carbons (Fsp3) is 0.594. The largest absolute Gasteiger partial charge is 0.463 e. The predicted molar refractivity (Wildman–Crippen MR) is 161 cm³/mol. The molecule has 10 atom stereocenters. The number of hydrogen-bond acceptors (Lipinski definition) is 15. The summed E-state index contributed by atoms with van der Waals surface area (Å²) in [6, 6.07) is 8.06. The number of nitrogens with one attached hydrogen (secondary N) is 1. The number of esters is 4. The van der Waals surface area contributed by atoms with Crippen molar-refractivity contribution in [1.29, 1.82) is 0 Å². The van der Waals surface area contributed by atoms with Gasteiger partial charge in [-0.3, -0.25) is 24.0 Å². The summed E-state index contributed by atoms with van der Waals surface area (Å²) in [7, 11) is 0. The lowest BCUT2D eigenvalue weighted by atomic mass is 9.95. The summed E-state index contributed by atoms with van der Waals surface area (Å²) in [4.78, 5) is 60.7. The Kier molecular flexibility index (Phi) is 14.9. The molecule has 48 heavy (non-hydrogen) atoms. The van der Waals surface area contributed by atoms with Gasteiger partial charge in [-0.05, 0) is 5.56 Å². The van der Waals surface area contributed by atoms with Crippen molar-refractivity contribution < 1.29 is 71.7 Å². The van der Waals surface area contributed by atoms with Crippen LogP contribution in [0.15, 0.2) is 43.0 Å². The van der Waals surface area contributed by atoms with E-state index in [2.05, 4.69) is 11.9 Å². The van der Waals surface area contributed by atoms with Crippen LogP contribution in [0.1, 0.15) is 40.2 Å². The highest BCUT2D eigenvalue weighted by molar-refractivity contribution is 5.73. The topological polar surface area (TPSA) is 201 Å². The fourth-order valence-corrected chi connectivity index (χ4v) is 5.30. The highest BCUT2D eigenvalue weighted by Crippen LogP contribution is 2.34. The molecule has 0 radical (unpaired) electrons. The van der Waals surface area contributed by atoms with Gasteiger partial charge in [-0.2, -0.15) is 0 Å². The van der Waals surface area contributed by atoms with E-state index in [-0.39, 0.29) is 19.8 Å². The van der Waals surface area contributed by atoms with E-state index in [1.165, 1.54) is 13.0 Å². The van der Waals surface area contributed by atoms with E-state index in [1.54, 1.807) is 0 Å². The van der Waals surface area contributed by atoms with Crippen molar-refractivity contribution in [3.05, 3.63) is 48.6 Å². The number of carbonyl (C=O) groups excluding carboxylic acids is 5. The molecule has 2 N–H and O–H groups in total. The van der Waals surface area contributed by atoms with Gasteiger partial charge in [0.2, 0.25) is 5.91 Å². The SMILES string of the molecule is C=CCOC1C(NC(C)=O)[C@H](O)O[C@@H](COCc2ccccc2)[C@H]1O[C@@H]1OC(COC(C)=O)[C@H](OC(C)=O)C(OC(C)=O)C1OC(C)=O. The zero-order chi connectivity index (χ0) is 35.4. The minimum Gasteiger partial charge on any atom is -0.463 e. The van der Waals surface area contributed by atoms with Crippen molar-refractivity contribution in [3.8, 4) is 0 Å². The maximum absolute atomic E-state index is 12.4. The van der Waals surface area contributed by atoms with E-state index in [1.807, 2.05) is 30.3 Å². The maximum Gasteiger partial charge on any atom is 0.303 e. The Bertz CT molecular complexity index is 1260. The Balaban J connectivity index is 2.06. The second-order valence-corrected chi connectivity index (χ2v) is 11.0. The number of aliphatic hydroxyl groups excluding tert-OH is 1. The summed E-state index contributed by atoms with van der Waals surface area (Å²) >= 11 is 0. The van der Waals surface area contributed by atoms with Gasteiger partial charge in [0.05, 0.1) is 19.8 Å². The Labute approximate surface area is 277 Å². The summed E-state index contributed by atoms with van der Waals surface area (Å²) in [5.74, 6) is -3.65. The van der Waals surface area contributed by atoms with Crippen LogP contribution in [0.25, 0.3) is 0 Å². The summed E-state index contributed by atoms with van der Waals surface area (Å²) in [5, 5.41) is 13.6. The van der Waals surface area contributed by atoms with Gasteiger partial charge in [0.25, 0.3) is 0 Å². The highest BCUT2D eigenvalue weighted by Gasteiger charge is 2.56. The van der Waals surface area contributed by atoms with Crippen LogP contribution >= 0.6 is 0 Å². The molecule has 1 aromatic rings. The molecular formula is C32H43NO15. The quantitative estimate of drug-likeness (QED) is 0.147. The van der Waals surface area contributed by atoms with E-state index >= 15 is 0 Å². The summed E-state index contributed by atoms with van der Waals surface area (Å²) < 4.78 is 52.0. The summed E-state index contributed by atoms with van der Waals surface area (Å²) in [6.45, 7) is 8.81. The smallest absolute Gasteiger partial charge is 0.303 e. The van der Waals surface area contributed by atoms with Crippen LogP contribution in [-0.4, -0.2) is 116 Å². The van der Waals surface area contributed by atoms with E-state index in [0.717, 1.165) is 33.3 Å². The first-order chi connectivity index (χ1) is 22.8. The third kappa shape index (κ3) is 11.4. The standard InChI is InChI=1S/C32H43NO15/c1-7-13-41-28-25(33-17(2)34)31(39)46-23(15-40-14-22-11-9-8-10-12-22)26(28)48-32-30(45-21(6)38)29(44-20(5)37)27(43-19(4)36)24(47-32)16-42-18(3)35/h7-12,23-32,39H,1,13-16H2,2-6H3,(H,33,34)/t23-,24?,25?,26+,27-,28?,29?,30?,31+,32-/m0/s1. The molecule has 3 rings (SSSR count). The molecule has 16 heteroatoms. The van der Waals surface area contributed by atoms with Gasteiger partial charge in [0.1, 0.15) is 37.1 Å². The van der Waals surface area contributed by atoms with Gasteiger partial charge >= 0.3 is 23.9 Å². The molecule has 266 valence electrons. The van der Waals surface area contributed by atoms with Crippen molar-refractivity contribution in [2.75, 3.05) is 19.8 Å². The molecular weight excluding hydrogens is 638 g/mol. The molecule has 0 aromatic heterocycles. The van der Waals surface area contributed by atoms with E-state index in [0.29, 0.717) is 0 Å². The molecule has 2 aliphatic heterocycles. The number of ether oxygens (including phenoxy) is 9. The normalized spacial score (nSPS) is 30.0. The van der Waals surface area contributed by atoms with Crippen LogP contribution in [0.5, 0.6) is 0 Å². The van der Waals surface area contributed by atoms with Crippen molar-refractivity contribution in [2.24, 2.45) is 0 Å². The molecule has 0 aliphatic carbocycles. The number of hydrogen-bond donors (Lipinski definition) is 2. The van der Waals surface area contributed by atoms with Crippen LogP contribution < -0.4 is 5.32 Å². The third-order valence-corrected chi connectivity index (χ3v) is 7.08. The first-order valence-electron chi connectivity index (χ1n) is 15.2. The number of benzene rings is 1. The van der Waals surface area contributed by atoms with Crippen molar-refractivity contribution in [2.45, 2.75) is 103 Å². The maximum atomic E-state index is 12.4. The molecule has 2 heterocycles. The summed E-state index contributed by atoms with van der Waals surface area (Å²) in [5.41, 5.74) is 0.849. The molecule has 0 bridgehead atoms. The van der Waals surface area contributed by atoms with Crippen molar-refractivity contribution >= 4 is 29.8 Å². The Hall–Kier alpha value is -3.93. The summed E-state index contributed by atoms with van der Waals surface area (Å²) in [6.07, 6.45) is -11.0. The van der Waals surface area contributed by atoms with Crippen LogP contribution in [0.3, 0.4) is 0 Å². The average molecular weight is 682 g/mol. The average Bonchev–Trinajstić information content (AvgIpc) is 3.00. The monoisotopic (exact) mass is 681 g/mol. The number of rotatable bonds is 15. The second kappa shape index (κ2) is 18.6. The van der Waals surface area contributed by atoms with Crippen molar-refractivity contribution in [3.63, 3.8) is 0 Å². The van der Waals surface area contributed by atoms with Gasteiger partial charge < -0.3 is 53.1 Å². The minimum atomic E-state index is -1.61. The van der Waals surface area contributed by atoms with Gasteiger partial charge in [0.15, 0.2) is 30.9 Å². The zero-order valence-corrected chi connectivity index (χ0v) is 27.4. The zero-order valence-electron chi connectivity index (χ0n) is 27.4. The number of aliphatic hydroxyl groups is 1. The molecule has 0 spiro atoms. The lowest BCUT2D eigenvalue weighted by Crippen LogP contribution is -2.68. The fourth-order valence-electron chi connectivity index (χ4n) is 5.30. The lowest BCUT2D eigenvalue weighted by molar-refractivity contribution is -0.350. The lowest BCUT2D eigenvalue weighted by Gasteiger charge is -2.49. The Morgan fingerprint density at radius 2 is 1.40 bits per heavy atom. The van der Waals surface area contributed by atoms with E-state index < -0.39 is 97.7 Å². The molecule has 2 saturated heterocycles. The van der Waals surface area contributed by atoms with E-state index in [4.69, 9.17) is 42.6 Å². The molecule has 0 saturated carbocycles. The molecule has 2 aliphatic rings. The number of carbonyl (C=O) groups is 5. The Morgan fingerprint density at radius 1 is 0.792 bits per heavy atom. The highest BCUT2D eigenvalue weighted by atomic mass is 16.8. The van der Waals surface area contributed by atoms with Crippen LogP contribution in [-0.2, 0) is 73.2 Å². The third-order valence-electron chi connectivity index (χ3n) is 7.08. The minimum absolute atomic E-state index is 0.0521. The van der Waals surface area contributed by atoms with Crippen LogP contribution in [0.4, 0.5) is 0 Å². The van der Waals surface area contributed by atoms with Crippen molar-refractivity contribution in [1.82, 2.24) is 5.32 Å². The van der Waals surface area contributed by atoms with Crippen LogP contribution in [0, 0.1) is 0 Å². The molecule has 1 amide bonds. The van der Waals surface area contributed by atoms with Gasteiger partial charge in [0, 0.05) is 34.6 Å². The molecule has 16 nitrogen and oxygen atoms in total. The molecule has 5 unspecified atom stereocenters. The molecule has 1 aromatic carbocycles. The van der Waals surface area contributed by atoms with Gasteiger partial charge in [-0.15, -0.1) is 6.58 Å². The first kappa shape index (κ1) is 38.5. The predicted octanol–water partition coefficient (Wildman–Crippen LogP) is 0.465. The first-order valence-corrected chi connectivity index (χ1v) is 15.2.